The van der Waals surface area contributed by atoms with E-state index in [1.807, 2.05) is 36.9 Å². The van der Waals surface area contributed by atoms with E-state index in [0.29, 0.717) is 35.9 Å². The number of halogens is 1. The average molecular weight is 361 g/mol. The zero-order chi connectivity index (χ0) is 18.0. The highest BCUT2D eigenvalue weighted by Crippen LogP contribution is 2.32. The van der Waals surface area contributed by atoms with Crippen LogP contribution in [0.3, 0.4) is 0 Å². The van der Waals surface area contributed by atoms with Crippen LogP contribution in [0.2, 0.25) is 5.02 Å². The molecule has 1 aromatic carbocycles. The maximum atomic E-state index is 12.1. The molecule has 2 aromatic rings. The summed E-state index contributed by atoms with van der Waals surface area (Å²) in [5.74, 6) is 1.13. The van der Waals surface area contributed by atoms with Crippen LogP contribution in [0.5, 0.6) is 0 Å². The molecule has 132 valence electrons. The van der Waals surface area contributed by atoms with E-state index < -0.39 is 0 Å². The fourth-order valence-electron chi connectivity index (χ4n) is 3.02. The number of amides is 1. The maximum Gasteiger partial charge on any atom is 0.225 e. The van der Waals surface area contributed by atoms with Crippen molar-refractivity contribution in [2.45, 2.75) is 13.8 Å². The summed E-state index contributed by atoms with van der Waals surface area (Å²) in [6.07, 6.45) is 0.678. The average Bonchev–Trinajstić information content (AvgIpc) is 3.10. The fraction of sp³-hybridized carbons (Fsp3) is 0.368. The molecule has 1 amide bonds. The van der Waals surface area contributed by atoms with Gasteiger partial charge in [0.2, 0.25) is 5.91 Å². The first-order valence-corrected chi connectivity index (χ1v) is 8.76. The molecule has 0 N–H and O–H groups in total. The summed E-state index contributed by atoms with van der Waals surface area (Å²) < 4.78 is 5.44. The van der Waals surface area contributed by atoms with Gasteiger partial charge < -0.3 is 14.2 Å². The van der Waals surface area contributed by atoms with Gasteiger partial charge in [0.25, 0.3) is 0 Å². The first-order valence-electron chi connectivity index (χ1n) is 8.38. The molecule has 3 rings (SSSR count). The molecule has 25 heavy (non-hydrogen) atoms. The molecule has 1 aliphatic rings. The summed E-state index contributed by atoms with van der Waals surface area (Å²) in [6.45, 7) is 6.77. The number of rotatable bonds is 4. The third-order valence-corrected chi connectivity index (χ3v) is 4.70. The van der Waals surface area contributed by atoms with Gasteiger partial charge in [-0.15, -0.1) is 0 Å². The molecule has 1 saturated heterocycles. The lowest BCUT2D eigenvalue weighted by atomic mass is 10.1. The Morgan fingerprint density at radius 2 is 1.88 bits per heavy atom. The maximum absolute atomic E-state index is 12.1. The summed E-state index contributed by atoms with van der Waals surface area (Å²) in [5, 5.41) is 0.630. The Bertz CT molecular complexity index is 777. The van der Waals surface area contributed by atoms with Gasteiger partial charge in [0.15, 0.2) is 12.0 Å². The topological polar surface area (TPSA) is 53.8 Å². The van der Waals surface area contributed by atoms with Crippen LogP contribution in [-0.2, 0) is 4.79 Å². The van der Waals surface area contributed by atoms with Crippen LogP contribution in [-0.4, -0.2) is 43.3 Å². The van der Waals surface area contributed by atoms with E-state index >= 15 is 0 Å². The molecule has 6 heteroatoms. The standard InChI is InChI=1S/C19H21ClN2O3/c1-13(2)19(24)22-9-7-21(8-10-22)17-5-3-14(11-16(17)20)18-6-4-15(12-23)25-18/h3-6,11-13H,7-10H2,1-2H3. The molecule has 0 radical (unpaired) electrons. The summed E-state index contributed by atoms with van der Waals surface area (Å²) in [7, 11) is 0. The number of hydrogen-bond acceptors (Lipinski definition) is 4. The number of carbonyl (C=O) groups is 2. The SMILES string of the molecule is CC(C)C(=O)N1CCN(c2ccc(-c3ccc(C=O)o3)cc2Cl)CC1. The van der Waals surface area contributed by atoms with Crippen molar-refractivity contribution in [1.82, 2.24) is 4.90 Å². The van der Waals surface area contributed by atoms with Gasteiger partial charge in [-0.3, -0.25) is 9.59 Å². The second-order valence-electron chi connectivity index (χ2n) is 6.45. The third-order valence-electron chi connectivity index (χ3n) is 4.40. The monoisotopic (exact) mass is 360 g/mol. The van der Waals surface area contributed by atoms with Crippen LogP contribution in [0.4, 0.5) is 5.69 Å². The summed E-state index contributed by atoms with van der Waals surface area (Å²) in [6, 6.07) is 9.12. The minimum atomic E-state index is 0.0268. The number of benzene rings is 1. The Hall–Kier alpha value is -2.27. The zero-order valence-electron chi connectivity index (χ0n) is 14.4. The van der Waals surface area contributed by atoms with E-state index in [1.165, 1.54) is 0 Å². The molecule has 0 saturated carbocycles. The predicted octanol–water partition coefficient (Wildman–Crippen LogP) is 3.72. The molecule has 0 aliphatic carbocycles. The minimum absolute atomic E-state index is 0.0268. The fourth-order valence-corrected chi connectivity index (χ4v) is 3.32. The number of nitrogens with zero attached hydrogens (tertiary/aromatic N) is 2. The van der Waals surface area contributed by atoms with Gasteiger partial charge in [0, 0.05) is 37.7 Å². The third kappa shape index (κ3) is 3.71. The van der Waals surface area contributed by atoms with Crippen LogP contribution in [0.15, 0.2) is 34.7 Å². The number of aldehydes is 1. The largest absolute Gasteiger partial charge is 0.453 e. The highest BCUT2D eigenvalue weighted by molar-refractivity contribution is 6.33. The molecule has 1 aliphatic heterocycles. The number of carbonyl (C=O) groups excluding carboxylic acids is 2. The number of piperazine rings is 1. The smallest absolute Gasteiger partial charge is 0.225 e. The van der Waals surface area contributed by atoms with E-state index in [2.05, 4.69) is 4.90 Å². The summed E-state index contributed by atoms with van der Waals surface area (Å²) in [5.41, 5.74) is 1.78. The molecule has 0 atom stereocenters. The van der Waals surface area contributed by atoms with E-state index in [0.717, 1.165) is 24.3 Å². The van der Waals surface area contributed by atoms with Crippen molar-refractivity contribution in [2.24, 2.45) is 5.92 Å². The summed E-state index contributed by atoms with van der Waals surface area (Å²) in [4.78, 5) is 26.9. The lowest BCUT2D eigenvalue weighted by molar-refractivity contribution is -0.134. The number of hydrogen-bond donors (Lipinski definition) is 0. The molecule has 0 bridgehead atoms. The van der Waals surface area contributed by atoms with E-state index in [-0.39, 0.29) is 11.8 Å². The minimum Gasteiger partial charge on any atom is -0.453 e. The van der Waals surface area contributed by atoms with Gasteiger partial charge in [0.05, 0.1) is 10.7 Å². The first-order chi connectivity index (χ1) is 12.0. The number of anilines is 1. The van der Waals surface area contributed by atoms with E-state index in [1.54, 1.807) is 12.1 Å². The molecule has 5 nitrogen and oxygen atoms in total. The first kappa shape index (κ1) is 17.5. The lowest BCUT2D eigenvalue weighted by Gasteiger charge is -2.37. The van der Waals surface area contributed by atoms with Gasteiger partial charge in [-0.25, -0.2) is 0 Å². The molecular formula is C19H21ClN2O3. The van der Waals surface area contributed by atoms with Crippen molar-refractivity contribution >= 4 is 29.5 Å². The molecule has 1 aromatic heterocycles. The van der Waals surface area contributed by atoms with Crippen molar-refractivity contribution in [3.8, 4) is 11.3 Å². The van der Waals surface area contributed by atoms with Gasteiger partial charge in [-0.2, -0.15) is 0 Å². The Balaban J connectivity index is 1.72. The van der Waals surface area contributed by atoms with Crippen molar-refractivity contribution in [3.63, 3.8) is 0 Å². The zero-order valence-corrected chi connectivity index (χ0v) is 15.1. The molecule has 1 fully saturated rings. The highest BCUT2D eigenvalue weighted by atomic mass is 35.5. The van der Waals surface area contributed by atoms with Crippen molar-refractivity contribution < 1.29 is 14.0 Å². The van der Waals surface area contributed by atoms with Crippen LogP contribution in [0.1, 0.15) is 24.4 Å². The van der Waals surface area contributed by atoms with Gasteiger partial charge >= 0.3 is 0 Å². The second kappa shape index (κ2) is 7.31. The van der Waals surface area contributed by atoms with Gasteiger partial charge in [-0.05, 0) is 30.3 Å². The van der Waals surface area contributed by atoms with Crippen LogP contribution in [0.25, 0.3) is 11.3 Å². The number of furan rings is 1. The highest BCUT2D eigenvalue weighted by Gasteiger charge is 2.24. The van der Waals surface area contributed by atoms with Crippen molar-refractivity contribution in [3.05, 3.63) is 41.1 Å². The quantitative estimate of drug-likeness (QED) is 0.780. The molecular weight excluding hydrogens is 340 g/mol. The molecule has 2 heterocycles. The van der Waals surface area contributed by atoms with Crippen LogP contribution >= 0.6 is 11.6 Å². The van der Waals surface area contributed by atoms with Gasteiger partial charge in [-0.1, -0.05) is 25.4 Å². The normalized spacial score (nSPS) is 14.9. The van der Waals surface area contributed by atoms with Crippen molar-refractivity contribution in [2.75, 3.05) is 31.1 Å². The van der Waals surface area contributed by atoms with Gasteiger partial charge in [0.1, 0.15) is 5.76 Å². The molecule has 0 spiro atoms. The Kier molecular flexibility index (Phi) is 5.13. The molecule has 0 unspecified atom stereocenters. The Labute approximate surface area is 152 Å². The lowest BCUT2D eigenvalue weighted by Crippen LogP contribution is -2.50. The summed E-state index contributed by atoms with van der Waals surface area (Å²) >= 11 is 6.47. The van der Waals surface area contributed by atoms with Crippen LogP contribution in [0, 0.1) is 5.92 Å². The van der Waals surface area contributed by atoms with E-state index in [9.17, 15) is 9.59 Å². The predicted molar refractivity (Wildman–Crippen MR) is 98.2 cm³/mol. The second-order valence-corrected chi connectivity index (χ2v) is 6.86. The Morgan fingerprint density at radius 1 is 1.16 bits per heavy atom. The van der Waals surface area contributed by atoms with Crippen molar-refractivity contribution in [1.29, 1.82) is 0 Å². The van der Waals surface area contributed by atoms with Crippen LogP contribution < -0.4 is 4.90 Å². The Morgan fingerprint density at radius 3 is 2.44 bits per heavy atom. The van der Waals surface area contributed by atoms with E-state index in [4.69, 9.17) is 16.0 Å².